The Morgan fingerprint density at radius 2 is 2.00 bits per heavy atom. The molecule has 0 amide bonds. The van der Waals surface area contributed by atoms with Crippen LogP contribution in [0.5, 0.6) is 11.5 Å². The Bertz CT molecular complexity index is 769. The second-order valence-electron chi connectivity index (χ2n) is 4.57. The van der Waals surface area contributed by atoms with Crippen LogP contribution in [0.3, 0.4) is 0 Å². The lowest BCUT2D eigenvalue weighted by Gasteiger charge is -2.05. The maximum absolute atomic E-state index is 5.38. The maximum Gasteiger partial charge on any atom is 0.231 e. The van der Waals surface area contributed by atoms with E-state index in [1.54, 1.807) is 0 Å². The largest absolute Gasteiger partial charge is 0.454 e. The van der Waals surface area contributed by atoms with Crippen molar-refractivity contribution in [3.8, 4) is 11.5 Å². The van der Waals surface area contributed by atoms with Crippen LogP contribution in [0.2, 0.25) is 0 Å². The molecule has 0 fully saturated rings. The minimum Gasteiger partial charge on any atom is -0.454 e. The molecule has 1 aliphatic rings. The molecule has 4 rings (SSSR count). The van der Waals surface area contributed by atoms with E-state index in [4.69, 9.17) is 9.47 Å². The van der Waals surface area contributed by atoms with Crippen molar-refractivity contribution in [1.29, 1.82) is 0 Å². The van der Waals surface area contributed by atoms with E-state index >= 15 is 0 Å². The molecule has 0 saturated heterocycles. The van der Waals surface area contributed by atoms with Crippen LogP contribution in [0, 0.1) is 0 Å². The molecule has 5 heteroatoms. The number of benzene rings is 2. The van der Waals surface area contributed by atoms with E-state index < -0.39 is 0 Å². The normalized spacial score (nSPS) is 12.8. The van der Waals surface area contributed by atoms with Crippen LogP contribution in [0.15, 0.2) is 42.5 Å². The predicted octanol–water partition coefficient (Wildman–Crippen LogP) is 3.64. The van der Waals surface area contributed by atoms with Crippen molar-refractivity contribution >= 4 is 27.4 Å². The van der Waals surface area contributed by atoms with Gasteiger partial charge in [-0.25, -0.2) is 0 Å². The summed E-state index contributed by atoms with van der Waals surface area (Å²) in [5.41, 5.74) is 1.14. The summed E-state index contributed by atoms with van der Waals surface area (Å²) in [7, 11) is 0. The van der Waals surface area contributed by atoms with E-state index in [0.717, 1.165) is 22.9 Å². The number of nitrogens with zero attached hydrogens (tertiary/aromatic N) is 1. The van der Waals surface area contributed by atoms with Crippen LogP contribution in [0.1, 0.15) is 5.56 Å². The lowest BCUT2D eigenvalue weighted by molar-refractivity contribution is 0.174. The average molecular weight is 284 g/mol. The zero-order valence-corrected chi connectivity index (χ0v) is 11.4. The number of anilines is 1. The third-order valence-corrected chi connectivity index (χ3v) is 4.10. The summed E-state index contributed by atoms with van der Waals surface area (Å²) in [6, 6.07) is 14.2. The van der Waals surface area contributed by atoms with Crippen molar-refractivity contribution in [2.75, 3.05) is 12.1 Å². The fourth-order valence-corrected chi connectivity index (χ4v) is 3.01. The first kappa shape index (κ1) is 11.5. The van der Waals surface area contributed by atoms with Gasteiger partial charge in [0, 0.05) is 11.9 Å². The van der Waals surface area contributed by atoms with E-state index in [9.17, 15) is 0 Å². The van der Waals surface area contributed by atoms with Gasteiger partial charge in [0.05, 0.1) is 4.70 Å². The third kappa shape index (κ3) is 1.96. The zero-order chi connectivity index (χ0) is 13.4. The first-order valence-electron chi connectivity index (χ1n) is 6.37. The third-order valence-electron chi connectivity index (χ3n) is 3.27. The van der Waals surface area contributed by atoms with E-state index in [-0.39, 0.29) is 0 Å². The van der Waals surface area contributed by atoms with Crippen LogP contribution in [0.4, 0.5) is 5.82 Å². The topological polar surface area (TPSA) is 43.4 Å². The lowest BCUT2D eigenvalue weighted by atomic mass is 10.2. The minimum atomic E-state index is 0.308. The van der Waals surface area contributed by atoms with Crippen molar-refractivity contribution in [2.45, 2.75) is 6.54 Å². The molecule has 1 aliphatic heterocycles. The number of fused-ring (bicyclic) bond motifs is 2. The molecule has 100 valence electrons. The van der Waals surface area contributed by atoms with Gasteiger partial charge in [0.1, 0.15) is 5.82 Å². The highest BCUT2D eigenvalue weighted by atomic mass is 32.1. The van der Waals surface area contributed by atoms with E-state index in [1.807, 2.05) is 30.3 Å². The summed E-state index contributed by atoms with van der Waals surface area (Å²) in [5.74, 6) is 2.56. The molecule has 2 aromatic carbocycles. The van der Waals surface area contributed by atoms with Crippen LogP contribution < -0.4 is 14.8 Å². The van der Waals surface area contributed by atoms with Gasteiger partial charge in [-0.2, -0.15) is 4.37 Å². The highest BCUT2D eigenvalue weighted by Crippen LogP contribution is 2.33. The number of aromatic nitrogens is 1. The molecule has 0 bridgehead atoms. The molecule has 2 heterocycles. The van der Waals surface area contributed by atoms with Gasteiger partial charge in [0.25, 0.3) is 0 Å². The van der Waals surface area contributed by atoms with Crippen LogP contribution in [-0.2, 0) is 6.54 Å². The molecule has 0 saturated carbocycles. The fraction of sp³-hybridized carbons (Fsp3) is 0.133. The molecule has 1 aromatic heterocycles. The van der Waals surface area contributed by atoms with Crippen LogP contribution >= 0.6 is 11.5 Å². The van der Waals surface area contributed by atoms with Crippen LogP contribution in [0.25, 0.3) is 10.1 Å². The molecule has 3 aromatic rings. The highest BCUT2D eigenvalue weighted by molar-refractivity contribution is 7.13. The molecular formula is C15H12N2O2S. The number of ether oxygens (including phenoxy) is 2. The molecule has 20 heavy (non-hydrogen) atoms. The quantitative estimate of drug-likeness (QED) is 0.797. The summed E-state index contributed by atoms with van der Waals surface area (Å²) in [6.45, 7) is 1.02. The van der Waals surface area contributed by atoms with Crippen molar-refractivity contribution in [1.82, 2.24) is 4.37 Å². The summed E-state index contributed by atoms with van der Waals surface area (Å²) < 4.78 is 16.3. The molecule has 0 unspecified atom stereocenters. The fourth-order valence-electron chi connectivity index (χ4n) is 2.25. The molecule has 0 spiro atoms. The number of hydrogen-bond donors (Lipinski definition) is 1. The van der Waals surface area contributed by atoms with Gasteiger partial charge < -0.3 is 14.8 Å². The SMILES string of the molecule is c1ccc2c(NCc3ccc4c(c3)OCO4)nsc2c1. The molecule has 0 atom stereocenters. The van der Waals surface area contributed by atoms with Gasteiger partial charge in [-0.05, 0) is 41.4 Å². The standard InChI is InChI=1S/C15H12N2O2S/c1-2-4-14-11(3-1)15(17-20-14)16-8-10-5-6-12-13(7-10)19-9-18-12/h1-7H,8-9H2,(H,16,17). The Labute approximate surface area is 120 Å². The van der Waals surface area contributed by atoms with Gasteiger partial charge in [0.15, 0.2) is 11.5 Å². The van der Waals surface area contributed by atoms with E-state index in [0.29, 0.717) is 13.3 Å². The van der Waals surface area contributed by atoms with Crippen molar-refractivity contribution < 1.29 is 9.47 Å². The predicted molar refractivity (Wildman–Crippen MR) is 79.5 cm³/mol. The minimum absolute atomic E-state index is 0.308. The van der Waals surface area contributed by atoms with Gasteiger partial charge in [0.2, 0.25) is 6.79 Å². The Balaban J connectivity index is 1.55. The maximum atomic E-state index is 5.38. The van der Waals surface area contributed by atoms with Gasteiger partial charge in [-0.1, -0.05) is 18.2 Å². The highest BCUT2D eigenvalue weighted by Gasteiger charge is 2.13. The molecule has 1 N–H and O–H groups in total. The average Bonchev–Trinajstić information content (AvgIpc) is 3.11. The molecule has 0 radical (unpaired) electrons. The lowest BCUT2D eigenvalue weighted by Crippen LogP contribution is -1.99. The molecular weight excluding hydrogens is 272 g/mol. The Morgan fingerprint density at radius 3 is 3.00 bits per heavy atom. The second-order valence-corrected chi connectivity index (χ2v) is 5.37. The summed E-state index contributed by atoms with van der Waals surface area (Å²) in [6.07, 6.45) is 0. The van der Waals surface area contributed by atoms with E-state index in [2.05, 4.69) is 21.8 Å². The van der Waals surface area contributed by atoms with Crippen molar-refractivity contribution in [3.63, 3.8) is 0 Å². The number of hydrogen-bond acceptors (Lipinski definition) is 5. The first-order chi connectivity index (χ1) is 9.90. The monoisotopic (exact) mass is 284 g/mol. The number of rotatable bonds is 3. The molecule has 0 aliphatic carbocycles. The summed E-state index contributed by atoms with van der Waals surface area (Å²) >= 11 is 1.51. The smallest absolute Gasteiger partial charge is 0.231 e. The van der Waals surface area contributed by atoms with Crippen LogP contribution in [-0.4, -0.2) is 11.2 Å². The Kier molecular flexibility index (Phi) is 2.70. The summed E-state index contributed by atoms with van der Waals surface area (Å²) in [4.78, 5) is 0. The van der Waals surface area contributed by atoms with Gasteiger partial charge in [-0.3, -0.25) is 0 Å². The summed E-state index contributed by atoms with van der Waals surface area (Å²) in [5, 5.41) is 4.54. The second kappa shape index (κ2) is 4.68. The van der Waals surface area contributed by atoms with Gasteiger partial charge in [-0.15, -0.1) is 0 Å². The van der Waals surface area contributed by atoms with Crippen molar-refractivity contribution in [2.24, 2.45) is 0 Å². The zero-order valence-electron chi connectivity index (χ0n) is 10.6. The van der Waals surface area contributed by atoms with Crippen molar-refractivity contribution in [3.05, 3.63) is 48.0 Å². The Morgan fingerprint density at radius 1 is 1.10 bits per heavy atom. The first-order valence-corrected chi connectivity index (χ1v) is 7.14. The Hall–Kier alpha value is -2.27. The van der Waals surface area contributed by atoms with E-state index in [1.165, 1.54) is 21.6 Å². The number of nitrogens with one attached hydrogen (secondary N) is 1. The van der Waals surface area contributed by atoms with Gasteiger partial charge >= 0.3 is 0 Å². The molecule has 4 nitrogen and oxygen atoms in total.